The molecular formula is C14H21NO2. The van der Waals surface area contributed by atoms with E-state index in [1.807, 2.05) is 38.1 Å². The van der Waals surface area contributed by atoms with Crippen molar-refractivity contribution in [3.8, 4) is 11.5 Å². The molecule has 0 bridgehead atoms. The molecule has 0 fully saturated rings. The Morgan fingerprint density at radius 2 is 1.88 bits per heavy atom. The summed E-state index contributed by atoms with van der Waals surface area (Å²) in [7, 11) is 0. The molecule has 0 aromatic heterocycles. The first kappa shape index (κ1) is 13.6. The van der Waals surface area contributed by atoms with E-state index in [9.17, 15) is 0 Å². The number of nitrogens with two attached hydrogens (primary N) is 1. The Kier molecular flexibility index (Phi) is 5.57. The highest BCUT2D eigenvalue weighted by atomic mass is 16.5. The SMILES string of the molecule is C=CCC(N)c1ccc(OCC)c(OCC)c1. The molecule has 1 rings (SSSR count). The summed E-state index contributed by atoms with van der Waals surface area (Å²) in [6.45, 7) is 8.83. The van der Waals surface area contributed by atoms with E-state index in [1.54, 1.807) is 0 Å². The van der Waals surface area contributed by atoms with Gasteiger partial charge in [0.1, 0.15) is 0 Å². The molecule has 17 heavy (non-hydrogen) atoms. The van der Waals surface area contributed by atoms with Gasteiger partial charge >= 0.3 is 0 Å². The molecule has 0 aliphatic carbocycles. The monoisotopic (exact) mass is 235 g/mol. The second-order valence-electron chi connectivity index (χ2n) is 3.70. The van der Waals surface area contributed by atoms with Crippen LogP contribution in [0.3, 0.4) is 0 Å². The molecule has 1 unspecified atom stereocenters. The molecule has 0 amide bonds. The minimum atomic E-state index is -0.0395. The van der Waals surface area contributed by atoms with Crippen LogP contribution in [0.4, 0.5) is 0 Å². The van der Waals surface area contributed by atoms with Crippen molar-refractivity contribution in [3.05, 3.63) is 36.4 Å². The predicted molar refractivity (Wildman–Crippen MR) is 70.5 cm³/mol. The Hall–Kier alpha value is -1.48. The van der Waals surface area contributed by atoms with E-state index in [4.69, 9.17) is 15.2 Å². The summed E-state index contributed by atoms with van der Waals surface area (Å²) in [6, 6.07) is 5.79. The van der Waals surface area contributed by atoms with E-state index in [0.29, 0.717) is 13.2 Å². The van der Waals surface area contributed by atoms with Crippen LogP contribution in [0.25, 0.3) is 0 Å². The van der Waals surface area contributed by atoms with Crippen LogP contribution >= 0.6 is 0 Å². The van der Waals surface area contributed by atoms with Crippen molar-refractivity contribution in [1.82, 2.24) is 0 Å². The van der Waals surface area contributed by atoms with E-state index < -0.39 is 0 Å². The summed E-state index contributed by atoms with van der Waals surface area (Å²) < 4.78 is 11.1. The average Bonchev–Trinajstić information content (AvgIpc) is 2.32. The van der Waals surface area contributed by atoms with Gasteiger partial charge < -0.3 is 15.2 Å². The fourth-order valence-electron chi connectivity index (χ4n) is 1.61. The van der Waals surface area contributed by atoms with Crippen LogP contribution in [-0.4, -0.2) is 13.2 Å². The van der Waals surface area contributed by atoms with Gasteiger partial charge in [0, 0.05) is 6.04 Å². The summed E-state index contributed by atoms with van der Waals surface area (Å²) in [5, 5.41) is 0. The maximum Gasteiger partial charge on any atom is 0.161 e. The summed E-state index contributed by atoms with van der Waals surface area (Å²) >= 11 is 0. The maximum atomic E-state index is 6.03. The zero-order valence-corrected chi connectivity index (χ0v) is 10.6. The van der Waals surface area contributed by atoms with Crippen LogP contribution in [0.2, 0.25) is 0 Å². The van der Waals surface area contributed by atoms with E-state index >= 15 is 0 Å². The van der Waals surface area contributed by atoms with Gasteiger partial charge in [-0.05, 0) is 38.0 Å². The highest BCUT2D eigenvalue weighted by molar-refractivity contribution is 5.44. The average molecular weight is 235 g/mol. The maximum absolute atomic E-state index is 6.03. The molecule has 0 aliphatic rings. The lowest BCUT2D eigenvalue weighted by molar-refractivity contribution is 0.287. The Bertz CT molecular complexity index is 363. The lowest BCUT2D eigenvalue weighted by Crippen LogP contribution is -2.09. The standard InChI is InChI=1S/C14H21NO2/c1-4-7-12(15)11-8-9-13(16-5-2)14(10-11)17-6-3/h4,8-10,12H,1,5-7,15H2,2-3H3. The van der Waals surface area contributed by atoms with Crippen molar-refractivity contribution >= 4 is 0 Å². The van der Waals surface area contributed by atoms with Crippen molar-refractivity contribution < 1.29 is 9.47 Å². The molecule has 1 atom stereocenters. The zero-order chi connectivity index (χ0) is 12.7. The first-order valence-electron chi connectivity index (χ1n) is 5.98. The highest BCUT2D eigenvalue weighted by Gasteiger charge is 2.10. The minimum absolute atomic E-state index is 0.0395. The normalized spacial score (nSPS) is 11.9. The van der Waals surface area contributed by atoms with Crippen molar-refractivity contribution in [2.24, 2.45) is 5.73 Å². The fraction of sp³-hybridized carbons (Fsp3) is 0.429. The third-order valence-electron chi connectivity index (χ3n) is 2.42. The number of hydrogen-bond acceptors (Lipinski definition) is 3. The number of hydrogen-bond donors (Lipinski definition) is 1. The van der Waals surface area contributed by atoms with Crippen LogP contribution in [-0.2, 0) is 0 Å². The second-order valence-corrected chi connectivity index (χ2v) is 3.70. The number of ether oxygens (including phenoxy) is 2. The molecule has 1 aromatic carbocycles. The van der Waals surface area contributed by atoms with Gasteiger partial charge in [0.25, 0.3) is 0 Å². The minimum Gasteiger partial charge on any atom is -0.490 e. The zero-order valence-electron chi connectivity index (χ0n) is 10.6. The van der Waals surface area contributed by atoms with Gasteiger partial charge in [0.05, 0.1) is 13.2 Å². The van der Waals surface area contributed by atoms with Crippen LogP contribution < -0.4 is 15.2 Å². The van der Waals surface area contributed by atoms with Gasteiger partial charge in [-0.15, -0.1) is 6.58 Å². The van der Waals surface area contributed by atoms with Gasteiger partial charge in [-0.25, -0.2) is 0 Å². The molecule has 3 nitrogen and oxygen atoms in total. The lowest BCUT2D eigenvalue weighted by atomic mass is 10.0. The molecule has 94 valence electrons. The first-order chi connectivity index (χ1) is 8.22. The fourth-order valence-corrected chi connectivity index (χ4v) is 1.61. The van der Waals surface area contributed by atoms with Crippen LogP contribution in [0.15, 0.2) is 30.9 Å². The first-order valence-corrected chi connectivity index (χ1v) is 5.98. The molecule has 0 saturated carbocycles. The topological polar surface area (TPSA) is 44.5 Å². The van der Waals surface area contributed by atoms with Crippen molar-refractivity contribution in [1.29, 1.82) is 0 Å². The number of benzene rings is 1. The smallest absolute Gasteiger partial charge is 0.161 e. The molecule has 0 radical (unpaired) electrons. The van der Waals surface area contributed by atoms with Crippen LogP contribution in [0.1, 0.15) is 31.9 Å². The van der Waals surface area contributed by atoms with E-state index in [-0.39, 0.29) is 6.04 Å². The summed E-state index contributed by atoms with van der Waals surface area (Å²) in [5.74, 6) is 1.52. The Morgan fingerprint density at radius 3 is 2.47 bits per heavy atom. The molecule has 1 aromatic rings. The second kappa shape index (κ2) is 6.97. The molecule has 0 saturated heterocycles. The van der Waals surface area contributed by atoms with Crippen LogP contribution in [0, 0.1) is 0 Å². The van der Waals surface area contributed by atoms with Gasteiger partial charge in [0.2, 0.25) is 0 Å². The third-order valence-corrected chi connectivity index (χ3v) is 2.42. The lowest BCUT2D eigenvalue weighted by Gasteiger charge is -2.15. The van der Waals surface area contributed by atoms with Gasteiger partial charge in [-0.1, -0.05) is 12.1 Å². The summed E-state index contributed by atoms with van der Waals surface area (Å²) in [6.07, 6.45) is 2.57. The molecule has 2 N–H and O–H groups in total. The Morgan fingerprint density at radius 1 is 1.24 bits per heavy atom. The Labute approximate surface area is 103 Å². The molecule has 0 aliphatic heterocycles. The molecular weight excluding hydrogens is 214 g/mol. The van der Waals surface area contributed by atoms with Gasteiger partial charge in [-0.2, -0.15) is 0 Å². The van der Waals surface area contributed by atoms with E-state index in [2.05, 4.69) is 6.58 Å². The van der Waals surface area contributed by atoms with E-state index in [0.717, 1.165) is 23.5 Å². The molecule has 0 heterocycles. The predicted octanol–water partition coefficient (Wildman–Crippen LogP) is 3.06. The van der Waals surface area contributed by atoms with Crippen LogP contribution in [0.5, 0.6) is 11.5 Å². The quantitative estimate of drug-likeness (QED) is 0.739. The molecule has 3 heteroatoms. The summed E-state index contributed by atoms with van der Waals surface area (Å²) in [4.78, 5) is 0. The summed E-state index contributed by atoms with van der Waals surface area (Å²) in [5.41, 5.74) is 7.07. The van der Waals surface area contributed by atoms with Crippen molar-refractivity contribution in [2.45, 2.75) is 26.3 Å². The van der Waals surface area contributed by atoms with E-state index in [1.165, 1.54) is 0 Å². The molecule has 0 spiro atoms. The largest absolute Gasteiger partial charge is 0.490 e. The Balaban J connectivity index is 2.95. The highest BCUT2D eigenvalue weighted by Crippen LogP contribution is 2.30. The van der Waals surface area contributed by atoms with Gasteiger partial charge in [-0.3, -0.25) is 0 Å². The van der Waals surface area contributed by atoms with Gasteiger partial charge in [0.15, 0.2) is 11.5 Å². The third kappa shape index (κ3) is 3.79. The van der Waals surface area contributed by atoms with Crippen molar-refractivity contribution in [3.63, 3.8) is 0 Å². The van der Waals surface area contributed by atoms with Crippen molar-refractivity contribution in [2.75, 3.05) is 13.2 Å². The number of rotatable bonds is 7.